The molecule has 0 fully saturated rings. The van der Waals surface area contributed by atoms with Gasteiger partial charge in [0.2, 0.25) is 0 Å². The molecular formula is C15H24N2O3. The minimum atomic E-state index is -0.631. The molecule has 112 valence electrons. The third-order valence-corrected chi connectivity index (χ3v) is 2.84. The van der Waals surface area contributed by atoms with E-state index in [0.29, 0.717) is 24.5 Å². The molecule has 0 aliphatic heterocycles. The van der Waals surface area contributed by atoms with Crippen molar-refractivity contribution in [3.63, 3.8) is 0 Å². The van der Waals surface area contributed by atoms with Crippen LogP contribution in [0.3, 0.4) is 0 Å². The van der Waals surface area contributed by atoms with Crippen LogP contribution < -0.4 is 20.5 Å². The van der Waals surface area contributed by atoms with Gasteiger partial charge in [-0.2, -0.15) is 0 Å². The molecule has 1 rings (SSSR count). The third-order valence-electron chi connectivity index (χ3n) is 2.84. The van der Waals surface area contributed by atoms with E-state index in [1.54, 1.807) is 0 Å². The zero-order valence-corrected chi connectivity index (χ0v) is 12.4. The van der Waals surface area contributed by atoms with Crippen LogP contribution in [0.15, 0.2) is 18.2 Å². The summed E-state index contributed by atoms with van der Waals surface area (Å²) in [5.74, 6) is 0.729. The standard InChI is InChI=1S/C15H24N2O3/c1-4-12(15(16)18)20-13-8-7-11(10-17-5-2)9-14(13)19-6-3/h7-9,12,17H,4-6,10H2,1-3H3,(H2,16,18). The summed E-state index contributed by atoms with van der Waals surface area (Å²) in [6.07, 6.45) is -0.103. The van der Waals surface area contributed by atoms with E-state index in [1.807, 2.05) is 32.0 Å². The number of nitrogens with one attached hydrogen (secondary N) is 1. The minimum absolute atomic E-state index is 0.466. The van der Waals surface area contributed by atoms with Crippen LogP contribution in [0.2, 0.25) is 0 Å². The average Bonchev–Trinajstić information content (AvgIpc) is 2.44. The van der Waals surface area contributed by atoms with Crippen molar-refractivity contribution >= 4 is 5.91 Å². The summed E-state index contributed by atoms with van der Waals surface area (Å²) in [7, 11) is 0. The van der Waals surface area contributed by atoms with Crippen LogP contribution in [0, 0.1) is 0 Å². The van der Waals surface area contributed by atoms with Crippen molar-refractivity contribution < 1.29 is 14.3 Å². The highest BCUT2D eigenvalue weighted by Crippen LogP contribution is 2.29. The Morgan fingerprint density at radius 1 is 1.30 bits per heavy atom. The quantitative estimate of drug-likeness (QED) is 0.724. The highest BCUT2D eigenvalue weighted by atomic mass is 16.5. The molecule has 0 saturated carbocycles. The van der Waals surface area contributed by atoms with Crippen molar-refractivity contribution in [1.29, 1.82) is 0 Å². The molecule has 1 amide bonds. The summed E-state index contributed by atoms with van der Waals surface area (Å²) in [6.45, 7) is 8.03. The Hall–Kier alpha value is -1.75. The van der Waals surface area contributed by atoms with Gasteiger partial charge < -0.3 is 20.5 Å². The first-order valence-electron chi connectivity index (χ1n) is 7.04. The molecule has 5 nitrogen and oxygen atoms in total. The van der Waals surface area contributed by atoms with Gasteiger partial charge in [-0.25, -0.2) is 0 Å². The number of nitrogens with two attached hydrogens (primary N) is 1. The van der Waals surface area contributed by atoms with Gasteiger partial charge in [-0.15, -0.1) is 0 Å². The van der Waals surface area contributed by atoms with Crippen molar-refractivity contribution in [3.8, 4) is 11.5 Å². The molecule has 0 aromatic heterocycles. The molecule has 20 heavy (non-hydrogen) atoms. The zero-order valence-electron chi connectivity index (χ0n) is 12.4. The second-order valence-electron chi connectivity index (χ2n) is 4.41. The van der Waals surface area contributed by atoms with Crippen molar-refractivity contribution in [2.24, 2.45) is 5.73 Å². The van der Waals surface area contributed by atoms with E-state index >= 15 is 0 Å². The fourth-order valence-electron chi connectivity index (χ4n) is 1.79. The van der Waals surface area contributed by atoms with E-state index in [2.05, 4.69) is 12.2 Å². The summed E-state index contributed by atoms with van der Waals surface area (Å²) in [4.78, 5) is 11.3. The van der Waals surface area contributed by atoms with Crippen molar-refractivity contribution in [2.75, 3.05) is 13.2 Å². The van der Waals surface area contributed by atoms with E-state index in [0.717, 1.165) is 18.7 Å². The first-order valence-corrected chi connectivity index (χ1v) is 7.04. The zero-order chi connectivity index (χ0) is 15.0. The Balaban J connectivity index is 2.90. The minimum Gasteiger partial charge on any atom is -0.490 e. The number of hydrogen-bond acceptors (Lipinski definition) is 4. The molecule has 5 heteroatoms. The predicted octanol–water partition coefficient (Wildman–Crippen LogP) is 1.84. The second kappa shape index (κ2) is 8.43. The molecular weight excluding hydrogens is 256 g/mol. The van der Waals surface area contributed by atoms with Gasteiger partial charge in [-0.3, -0.25) is 4.79 Å². The molecule has 1 atom stereocenters. The Morgan fingerprint density at radius 3 is 2.60 bits per heavy atom. The summed E-state index contributed by atoms with van der Waals surface area (Å²) in [6, 6.07) is 5.70. The normalized spacial score (nSPS) is 11.9. The van der Waals surface area contributed by atoms with Crippen molar-refractivity contribution in [2.45, 2.75) is 39.8 Å². The molecule has 3 N–H and O–H groups in total. The fourth-order valence-corrected chi connectivity index (χ4v) is 1.79. The second-order valence-corrected chi connectivity index (χ2v) is 4.41. The number of hydrogen-bond donors (Lipinski definition) is 2. The largest absolute Gasteiger partial charge is 0.490 e. The lowest BCUT2D eigenvalue weighted by molar-refractivity contribution is -0.124. The molecule has 0 spiro atoms. The number of primary amides is 1. The van der Waals surface area contributed by atoms with Gasteiger partial charge in [0, 0.05) is 6.54 Å². The summed E-state index contributed by atoms with van der Waals surface area (Å²) < 4.78 is 11.2. The van der Waals surface area contributed by atoms with Gasteiger partial charge in [-0.1, -0.05) is 19.9 Å². The molecule has 1 unspecified atom stereocenters. The number of ether oxygens (including phenoxy) is 2. The van der Waals surface area contributed by atoms with Crippen LogP contribution in [0.4, 0.5) is 0 Å². The van der Waals surface area contributed by atoms with Crippen LogP contribution in [-0.4, -0.2) is 25.2 Å². The van der Waals surface area contributed by atoms with Crippen LogP contribution >= 0.6 is 0 Å². The number of carbonyl (C=O) groups is 1. The maximum Gasteiger partial charge on any atom is 0.258 e. The third kappa shape index (κ3) is 4.74. The number of rotatable bonds is 9. The molecule has 0 aliphatic carbocycles. The number of carbonyl (C=O) groups excluding carboxylic acids is 1. The van der Waals surface area contributed by atoms with E-state index in [9.17, 15) is 4.79 Å². The molecule has 0 saturated heterocycles. The molecule has 0 bridgehead atoms. The molecule has 0 heterocycles. The number of amides is 1. The first kappa shape index (κ1) is 16.3. The first-order chi connectivity index (χ1) is 9.62. The highest BCUT2D eigenvalue weighted by molar-refractivity contribution is 5.79. The lowest BCUT2D eigenvalue weighted by Crippen LogP contribution is -2.33. The van der Waals surface area contributed by atoms with E-state index in [1.165, 1.54) is 0 Å². The maximum absolute atomic E-state index is 11.3. The van der Waals surface area contributed by atoms with Crippen molar-refractivity contribution in [3.05, 3.63) is 23.8 Å². The molecule has 1 aromatic carbocycles. The lowest BCUT2D eigenvalue weighted by Gasteiger charge is -2.18. The van der Waals surface area contributed by atoms with Gasteiger partial charge in [0.05, 0.1) is 6.61 Å². The van der Waals surface area contributed by atoms with E-state index in [-0.39, 0.29) is 0 Å². The SMILES string of the molecule is CCNCc1ccc(OC(CC)C(N)=O)c(OCC)c1. The van der Waals surface area contributed by atoms with Crippen LogP contribution in [0.5, 0.6) is 11.5 Å². The van der Waals surface area contributed by atoms with Crippen LogP contribution in [0.1, 0.15) is 32.8 Å². The van der Waals surface area contributed by atoms with Crippen LogP contribution in [-0.2, 0) is 11.3 Å². The van der Waals surface area contributed by atoms with Crippen LogP contribution in [0.25, 0.3) is 0 Å². The van der Waals surface area contributed by atoms with Gasteiger partial charge in [-0.05, 0) is 37.6 Å². The highest BCUT2D eigenvalue weighted by Gasteiger charge is 2.17. The molecule has 0 radical (unpaired) electrons. The van der Waals surface area contributed by atoms with Crippen molar-refractivity contribution in [1.82, 2.24) is 5.32 Å². The molecule has 1 aromatic rings. The Kier molecular flexibility index (Phi) is 6.87. The number of benzene rings is 1. The van der Waals surface area contributed by atoms with Gasteiger partial charge in [0.25, 0.3) is 5.91 Å². The van der Waals surface area contributed by atoms with Gasteiger partial charge in [0.15, 0.2) is 17.6 Å². The topological polar surface area (TPSA) is 73.6 Å². The summed E-state index contributed by atoms with van der Waals surface area (Å²) in [5.41, 5.74) is 6.41. The van der Waals surface area contributed by atoms with E-state index in [4.69, 9.17) is 15.2 Å². The monoisotopic (exact) mass is 280 g/mol. The Bertz CT molecular complexity index is 435. The smallest absolute Gasteiger partial charge is 0.258 e. The summed E-state index contributed by atoms with van der Waals surface area (Å²) in [5, 5.41) is 3.25. The lowest BCUT2D eigenvalue weighted by atomic mass is 10.2. The van der Waals surface area contributed by atoms with Gasteiger partial charge in [0.1, 0.15) is 0 Å². The summed E-state index contributed by atoms with van der Waals surface area (Å²) >= 11 is 0. The molecule has 0 aliphatic rings. The Labute approximate surface area is 120 Å². The van der Waals surface area contributed by atoms with Gasteiger partial charge >= 0.3 is 0 Å². The average molecular weight is 280 g/mol. The predicted molar refractivity (Wildman–Crippen MR) is 78.9 cm³/mol. The van der Waals surface area contributed by atoms with E-state index < -0.39 is 12.0 Å². The Morgan fingerprint density at radius 2 is 2.05 bits per heavy atom. The fraction of sp³-hybridized carbons (Fsp3) is 0.533. The maximum atomic E-state index is 11.3.